The molecule has 0 bridgehead atoms. The van der Waals surface area contributed by atoms with Crippen LogP contribution in [-0.2, 0) is 4.79 Å². The smallest absolute Gasteiger partial charge is 0.322 e. The van der Waals surface area contributed by atoms with Gasteiger partial charge in [0.2, 0.25) is 0 Å². The summed E-state index contributed by atoms with van der Waals surface area (Å²) in [7, 11) is 0. The summed E-state index contributed by atoms with van der Waals surface area (Å²) in [6, 6.07) is 2.57. The lowest BCUT2D eigenvalue weighted by molar-refractivity contribution is -0.143. The Morgan fingerprint density at radius 1 is 1.30 bits per heavy atom. The van der Waals surface area contributed by atoms with E-state index in [0.717, 1.165) is 12.1 Å². The molecule has 108 valence electrons. The van der Waals surface area contributed by atoms with Crippen LogP contribution in [0.5, 0.6) is 0 Å². The number of amides is 2. The van der Waals surface area contributed by atoms with Gasteiger partial charge in [0.1, 0.15) is 17.3 Å². The molecule has 0 aliphatic carbocycles. The first-order chi connectivity index (χ1) is 9.49. The zero-order chi connectivity index (χ0) is 14.7. The minimum absolute atomic E-state index is 0.0389. The average molecular weight is 284 g/mol. The minimum atomic E-state index is -0.973. The molecule has 5 nitrogen and oxygen atoms in total. The number of aliphatic carboxylic acids is 1. The first-order valence-corrected chi connectivity index (χ1v) is 6.22. The van der Waals surface area contributed by atoms with Crippen LogP contribution in [0.4, 0.5) is 19.3 Å². The van der Waals surface area contributed by atoms with Gasteiger partial charge in [0.05, 0.1) is 5.92 Å². The molecule has 2 N–H and O–H groups in total. The monoisotopic (exact) mass is 284 g/mol. The normalized spacial score (nSPS) is 18.7. The van der Waals surface area contributed by atoms with Crippen LogP contribution in [0.1, 0.15) is 12.8 Å². The van der Waals surface area contributed by atoms with Crippen molar-refractivity contribution in [1.82, 2.24) is 4.90 Å². The molecule has 2 rings (SSSR count). The van der Waals surface area contributed by atoms with E-state index in [2.05, 4.69) is 5.32 Å². The number of para-hydroxylation sites is 1. The summed E-state index contributed by atoms with van der Waals surface area (Å²) >= 11 is 0. The number of benzene rings is 1. The maximum atomic E-state index is 13.4. The topological polar surface area (TPSA) is 69.6 Å². The van der Waals surface area contributed by atoms with E-state index in [9.17, 15) is 18.4 Å². The number of carbonyl (C=O) groups is 2. The fourth-order valence-corrected chi connectivity index (χ4v) is 2.17. The van der Waals surface area contributed by atoms with Gasteiger partial charge < -0.3 is 15.3 Å². The molecule has 0 radical (unpaired) electrons. The Hall–Kier alpha value is -2.18. The van der Waals surface area contributed by atoms with Crippen LogP contribution in [0.3, 0.4) is 0 Å². The summed E-state index contributed by atoms with van der Waals surface area (Å²) in [5.74, 6) is -3.35. The molecular formula is C13H14F2N2O3. The zero-order valence-electron chi connectivity index (χ0n) is 10.6. The van der Waals surface area contributed by atoms with Gasteiger partial charge in [0, 0.05) is 13.1 Å². The Labute approximate surface area is 114 Å². The highest BCUT2D eigenvalue weighted by molar-refractivity contribution is 5.90. The highest BCUT2D eigenvalue weighted by Crippen LogP contribution is 2.21. The number of likely N-dealkylation sites (tertiary alicyclic amines) is 1. The van der Waals surface area contributed by atoms with Gasteiger partial charge in [-0.25, -0.2) is 13.6 Å². The van der Waals surface area contributed by atoms with Crippen LogP contribution < -0.4 is 5.32 Å². The Morgan fingerprint density at radius 2 is 1.95 bits per heavy atom. The first kappa shape index (κ1) is 14.2. The van der Waals surface area contributed by atoms with E-state index in [4.69, 9.17) is 5.11 Å². The Bertz CT molecular complexity index is 516. The highest BCUT2D eigenvalue weighted by Gasteiger charge is 2.28. The molecule has 1 unspecified atom stereocenters. The molecule has 0 spiro atoms. The van der Waals surface area contributed by atoms with Crippen LogP contribution in [0, 0.1) is 17.6 Å². The number of carboxylic acid groups (broad SMARTS) is 1. The SMILES string of the molecule is O=C(O)C1CCCN(C(=O)Nc2c(F)cccc2F)C1. The van der Waals surface area contributed by atoms with Gasteiger partial charge in [0.25, 0.3) is 0 Å². The van der Waals surface area contributed by atoms with Crippen LogP contribution in [0.25, 0.3) is 0 Å². The third kappa shape index (κ3) is 3.04. The number of carboxylic acids is 1. The first-order valence-electron chi connectivity index (χ1n) is 6.22. The number of nitrogens with one attached hydrogen (secondary N) is 1. The molecule has 1 aliphatic rings. The largest absolute Gasteiger partial charge is 0.481 e. The number of nitrogens with zero attached hydrogens (tertiary/aromatic N) is 1. The van der Waals surface area contributed by atoms with Crippen molar-refractivity contribution in [3.63, 3.8) is 0 Å². The van der Waals surface area contributed by atoms with Crippen molar-refractivity contribution in [2.45, 2.75) is 12.8 Å². The summed E-state index contributed by atoms with van der Waals surface area (Å²) in [6.45, 7) is 0.406. The predicted octanol–water partition coefficient (Wildman–Crippen LogP) is 2.29. The third-order valence-corrected chi connectivity index (χ3v) is 3.25. The highest BCUT2D eigenvalue weighted by atomic mass is 19.1. The minimum Gasteiger partial charge on any atom is -0.481 e. The average Bonchev–Trinajstić information content (AvgIpc) is 2.43. The quantitative estimate of drug-likeness (QED) is 0.875. The molecule has 1 saturated heterocycles. The van der Waals surface area contributed by atoms with Gasteiger partial charge >= 0.3 is 12.0 Å². The summed E-state index contributed by atoms with van der Waals surface area (Å²) in [5.41, 5.74) is -0.519. The van der Waals surface area contributed by atoms with Crippen molar-refractivity contribution < 1.29 is 23.5 Å². The van der Waals surface area contributed by atoms with E-state index in [1.807, 2.05) is 0 Å². The second kappa shape index (κ2) is 5.85. The van der Waals surface area contributed by atoms with E-state index in [-0.39, 0.29) is 6.54 Å². The van der Waals surface area contributed by atoms with E-state index in [1.54, 1.807) is 0 Å². The number of carbonyl (C=O) groups excluding carboxylic acids is 1. The van der Waals surface area contributed by atoms with E-state index < -0.39 is 35.2 Å². The van der Waals surface area contributed by atoms with Crippen LogP contribution in [-0.4, -0.2) is 35.1 Å². The zero-order valence-corrected chi connectivity index (χ0v) is 10.6. The lowest BCUT2D eigenvalue weighted by Crippen LogP contribution is -2.44. The van der Waals surface area contributed by atoms with Crippen molar-refractivity contribution in [2.24, 2.45) is 5.92 Å². The van der Waals surface area contributed by atoms with Gasteiger partial charge in [-0.15, -0.1) is 0 Å². The van der Waals surface area contributed by atoms with Crippen molar-refractivity contribution in [1.29, 1.82) is 0 Å². The number of anilines is 1. The van der Waals surface area contributed by atoms with Crippen LogP contribution in [0.2, 0.25) is 0 Å². The second-order valence-electron chi connectivity index (χ2n) is 4.65. The molecule has 20 heavy (non-hydrogen) atoms. The Kier molecular flexibility index (Phi) is 4.16. The maximum Gasteiger partial charge on any atom is 0.322 e. The van der Waals surface area contributed by atoms with Crippen molar-refractivity contribution in [3.8, 4) is 0 Å². The van der Waals surface area contributed by atoms with Crippen LogP contribution in [0.15, 0.2) is 18.2 Å². The molecule has 0 saturated carbocycles. The summed E-state index contributed by atoms with van der Waals surface area (Å²) in [6.07, 6.45) is 1.04. The number of piperidine rings is 1. The molecule has 1 aromatic carbocycles. The number of hydrogen-bond donors (Lipinski definition) is 2. The molecular weight excluding hydrogens is 270 g/mol. The van der Waals surface area contributed by atoms with Crippen molar-refractivity contribution in [2.75, 3.05) is 18.4 Å². The van der Waals surface area contributed by atoms with Gasteiger partial charge in [-0.3, -0.25) is 4.79 Å². The maximum absolute atomic E-state index is 13.4. The lowest BCUT2D eigenvalue weighted by atomic mass is 9.99. The molecule has 0 aromatic heterocycles. The number of hydrogen-bond acceptors (Lipinski definition) is 2. The summed E-state index contributed by atoms with van der Waals surface area (Å²) < 4.78 is 26.8. The van der Waals surface area contributed by atoms with Crippen LogP contribution >= 0.6 is 0 Å². The van der Waals surface area contributed by atoms with Gasteiger partial charge in [-0.2, -0.15) is 0 Å². The Balaban J connectivity index is 2.06. The molecule has 7 heteroatoms. The standard InChI is InChI=1S/C13H14F2N2O3/c14-9-4-1-5-10(15)11(9)16-13(20)17-6-2-3-8(7-17)12(18)19/h1,4-5,8H,2-3,6-7H2,(H,16,20)(H,18,19). The van der Waals surface area contributed by atoms with Crippen molar-refractivity contribution >= 4 is 17.7 Å². The molecule has 2 amide bonds. The predicted molar refractivity (Wildman–Crippen MR) is 67.3 cm³/mol. The van der Waals surface area contributed by atoms with E-state index in [0.29, 0.717) is 19.4 Å². The second-order valence-corrected chi connectivity index (χ2v) is 4.65. The van der Waals surface area contributed by atoms with Crippen molar-refractivity contribution in [3.05, 3.63) is 29.8 Å². The Morgan fingerprint density at radius 3 is 2.55 bits per heavy atom. The number of urea groups is 1. The van der Waals surface area contributed by atoms with E-state index in [1.165, 1.54) is 11.0 Å². The molecule has 1 aliphatic heterocycles. The fourth-order valence-electron chi connectivity index (χ4n) is 2.17. The molecule has 1 atom stereocenters. The van der Waals surface area contributed by atoms with Gasteiger partial charge in [-0.05, 0) is 25.0 Å². The number of halogens is 2. The molecule has 1 heterocycles. The van der Waals surface area contributed by atoms with E-state index >= 15 is 0 Å². The third-order valence-electron chi connectivity index (χ3n) is 3.25. The summed E-state index contributed by atoms with van der Waals surface area (Å²) in [4.78, 5) is 24.1. The lowest BCUT2D eigenvalue weighted by Gasteiger charge is -2.30. The summed E-state index contributed by atoms with van der Waals surface area (Å²) in [5, 5.41) is 11.1. The van der Waals surface area contributed by atoms with Gasteiger partial charge in [-0.1, -0.05) is 6.07 Å². The molecule has 1 fully saturated rings. The van der Waals surface area contributed by atoms with Gasteiger partial charge in [0.15, 0.2) is 0 Å². The number of rotatable bonds is 2. The fraction of sp³-hybridized carbons (Fsp3) is 0.385. The molecule has 1 aromatic rings.